The first-order valence-electron chi connectivity index (χ1n) is 10.2. The molecule has 6 heteroatoms. The highest BCUT2D eigenvalue weighted by Crippen LogP contribution is 2.25. The smallest absolute Gasteiger partial charge is 0.255 e. The van der Waals surface area contributed by atoms with Gasteiger partial charge < -0.3 is 9.73 Å². The lowest BCUT2D eigenvalue weighted by Gasteiger charge is -2.22. The van der Waals surface area contributed by atoms with Crippen molar-refractivity contribution in [2.24, 2.45) is 0 Å². The van der Waals surface area contributed by atoms with Gasteiger partial charge in [-0.3, -0.25) is 9.69 Å². The molecule has 0 saturated carbocycles. The number of carbonyl (C=O) groups is 1. The van der Waals surface area contributed by atoms with Crippen molar-refractivity contribution in [2.75, 3.05) is 20.6 Å². The highest BCUT2D eigenvalue weighted by molar-refractivity contribution is 6.00. The number of hydrogen-bond acceptors (Lipinski definition) is 4. The van der Waals surface area contributed by atoms with Crippen molar-refractivity contribution >= 4 is 5.91 Å². The van der Waals surface area contributed by atoms with E-state index in [2.05, 4.69) is 5.32 Å². The summed E-state index contributed by atoms with van der Waals surface area (Å²) in [5.41, 5.74) is 4.15. The Morgan fingerprint density at radius 3 is 2.45 bits per heavy atom. The summed E-state index contributed by atoms with van der Waals surface area (Å²) in [5, 5.41) is 7.80. The van der Waals surface area contributed by atoms with Crippen LogP contribution < -0.4 is 5.32 Å². The molecule has 6 nitrogen and oxygen atoms in total. The zero-order valence-corrected chi connectivity index (χ0v) is 17.9. The Morgan fingerprint density at radius 2 is 1.81 bits per heavy atom. The summed E-state index contributed by atoms with van der Waals surface area (Å²) in [6, 6.07) is 21.5. The largest absolute Gasteiger partial charge is 0.468 e. The van der Waals surface area contributed by atoms with Gasteiger partial charge in [-0.2, -0.15) is 5.10 Å². The average Bonchev–Trinajstić information content (AvgIpc) is 3.45. The molecule has 1 atom stereocenters. The number of aromatic nitrogens is 2. The molecule has 1 N–H and O–H groups in total. The number of benzene rings is 2. The first kappa shape index (κ1) is 20.6. The van der Waals surface area contributed by atoms with Gasteiger partial charge in [-0.05, 0) is 45.3 Å². The molecule has 2 aromatic heterocycles. The van der Waals surface area contributed by atoms with Crippen LogP contribution in [0.4, 0.5) is 0 Å². The Balaban J connectivity index is 1.64. The fourth-order valence-corrected chi connectivity index (χ4v) is 3.48. The molecule has 31 heavy (non-hydrogen) atoms. The van der Waals surface area contributed by atoms with E-state index < -0.39 is 0 Å². The molecule has 0 aliphatic rings. The van der Waals surface area contributed by atoms with Crippen molar-refractivity contribution in [2.45, 2.75) is 13.0 Å². The van der Waals surface area contributed by atoms with Crippen molar-refractivity contribution in [3.05, 3.63) is 96.1 Å². The molecule has 0 aliphatic heterocycles. The summed E-state index contributed by atoms with van der Waals surface area (Å²) < 4.78 is 7.30. The van der Waals surface area contributed by atoms with Gasteiger partial charge in [0.05, 0.1) is 23.6 Å². The summed E-state index contributed by atoms with van der Waals surface area (Å²) in [7, 11) is 3.93. The summed E-state index contributed by atoms with van der Waals surface area (Å²) in [6.07, 6.45) is 3.43. The van der Waals surface area contributed by atoms with Crippen LogP contribution in [0.1, 0.15) is 27.7 Å². The second-order valence-electron chi connectivity index (χ2n) is 7.74. The van der Waals surface area contributed by atoms with E-state index in [9.17, 15) is 4.79 Å². The van der Waals surface area contributed by atoms with E-state index in [4.69, 9.17) is 9.52 Å². The van der Waals surface area contributed by atoms with Crippen LogP contribution in [-0.4, -0.2) is 41.2 Å². The van der Waals surface area contributed by atoms with Crippen molar-refractivity contribution in [1.29, 1.82) is 0 Å². The van der Waals surface area contributed by atoms with E-state index in [0.717, 1.165) is 22.6 Å². The SMILES string of the molecule is Cc1ccc(-c2nn(-c3ccccc3)cc2C(=O)NCC(c2ccco2)N(C)C)cc1. The van der Waals surface area contributed by atoms with Crippen LogP contribution in [0.3, 0.4) is 0 Å². The minimum absolute atomic E-state index is 0.0639. The number of rotatable bonds is 7. The van der Waals surface area contributed by atoms with Crippen LogP contribution >= 0.6 is 0 Å². The predicted molar refractivity (Wildman–Crippen MR) is 121 cm³/mol. The third-order valence-electron chi connectivity index (χ3n) is 5.26. The van der Waals surface area contributed by atoms with E-state index in [-0.39, 0.29) is 11.9 Å². The van der Waals surface area contributed by atoms with Gasteiger partial charge in [-0.15, -0.1) is 0 Å². The van der Waals surface area contributed by atoms with E-state index in [1.807, 2.05) is 92.6 Å². The van der Waals surface area contributed by atoms with Gasteiger partial charge in [0, 0.05) is 18.3 Å². The standard InChI is InChI=1S/C25H26N4O2/c1-18-11-13-19(14-12-18)24-21(17-29(27-24)20-8-5-4-6-9-20)25(30)26-16-22(28(2)3)23-10-7-15-31-23/h4-15,17,22H,16H2,1-3H3,(H,26,30). The number of hydrogen-bond donors (Lipinski definition) is 1. The van der Waals surface area contributed by atoms with E-state index in [1.165, 1.54) is 0 Å². The van der Waals surface area contributed by atoms with E-state index >= 15 is 0 Å². The molecule has 0 aliphatic carbocycles. The quantitative estimate of drug-likeness (QED) is 0.485. The number of amides is 1. The number of aryl methyl sites for hydroxylation is 1. The second kappa shape index (κ2) is 9.02. The Hall–Kier alpha value is -3.64. The summed E-state index contributed by atoms with van der Waals surface area (Å²) >= 11 is 0. The topological polar surface area (TPSA) is 63.3 Å². The van der Waals surface area contributed by atoms with Gasteiger partial charge in [0.15, 0.2) is 0 Å². The first-order chi connectivity index (χ1) is 15.0. The Bertz CT molecular complexity index is 1130. The number of nitrogens with zero attached hydrogens (tertiary/aromatic N) is 3. The van der Waals surface area contributed by atoms with Gasteiger partial charge in [-0.1, -0.05) is 48.0 Å². The maximum Gasteiger partial charge on any atom is 0.255 e. The van der Waals surface area contributed by atoms with Crippen LogP contribution in [-0.2, 0) is 0 Å². The zero-order chi connectivity index (χ0) is 21.8. The molecule has 0 saturated heterocycles. The first-order valence-corrected chi connectivity index (χ1v) is 10.2. The second-order valence-corrected chi connectivity index (χ2v) is 7.74. The number of carbonyl (C=O) groups excluding carboxylic acids is 1. The van der Waals surface area contributed by atoms with Crippen molar-refractivity contribution in [1.82, 2.24) is 20.0 Å². The molecular weight excluding hydrogens is 388 g/mol. The van der Waals surface area contributed by atoms with Crippen LogP contribution in [0.25, 0.3) is 16.9 Å². The average molecular weight is 415 g/mol. The van der Waals surface area contributed by atoms with Crippen LogP contribution in [0.5, 0.6) is 0 Å². The molecule has 4 rings (SSSR count). The molecule has 4 aromatic rings. The van der Waals surface area contributed by atoms with Crippen molar-refractivity contribution < 1.29 is 9.21 Å². The molecule has 0 radical (unpaired) electrons. The monoisotopic (exact) mass is 414 g/mol. The lowest BCUT2D eigenvalue weighted by Crippen LogP contribution is -2.34. The minimum atomic E-state index is -0.170. The Labute approximate surface area is 182 Å². The molecule has 0 spiro atoms. The van der Waals surface area contributed by atoms with Crippen LogP contribution in [0, 0.1) is 6.92 Å². The highest BCUT2D eigenvalue weighted by atomic mass is 16.3. The molecular formula is C25H26N4O2. The molecule has 1 amide bonds. The van der Waals surface area contributed by atoms with Gasteiger partial charge in [0.1, 0.15) is 11.5 Å². The maximum atomic E-state index is 13.2. The molecule has 0 fully saturated rings. The summed E-state index contributed by atoms with van der Waals surface area (Å²) in [4.78, 5) is 15.3. The summed E-state index contributed by atoms with van der Waals surface area (Å²) in [6.45, 7) is 2.46. The molecule has 158 valence electrons. The summed E-state index contributed by atoms with van der Waals surface area (Å²) in [5.74, 6) is 0.639. The molecule has 2 heterocycles. The van der Waals surface area contributed by atoms with E-state index in [0.29, 0.717) is 17.8 Å². The fraction of sp³-hybridized carbons (Fsp3) is 0.200. The lowest BCUT2D eigenvalue weighted by molar-refractivity contribution is 0.0939. The molecule has 1 unspecified atom stereocenters. The van der Waals surface area contributed by atoms with Gasteiger partial charge >= 0.3 is 0 Å². The van der Waals surface area contributed by atoms with Crippen molar-refractivity contribution in [3.8, 4) is 16.9 Å². The zero-order valence-electron chi connectivity index (χ0n) is 17.9. The predicted octanol–water partition coefficient (Wildman–Crippen LogP) is 4.47. The molecule has 2 aromatic carbocycles. The van der Waals surface area contributed by atoms with Crippen LogP contribution in [0.15, 0.2) is 83.6 Å². The lowest BCUT2D eigenvalue weighted by atomic mass is 10.1. The Morgan fingerprint density at radius 1 is 1.06 bits per heavy atom. The number of para-hydroxylation sites is 1. The van der Waals surface area contributed by atoms with Crippen LogP contribution in [0.2, 0.25) is 0 Å². The highest BCUT2D eigenvalue weighted by Gasteiger charge is 2.22. The minimum Gasteiger partial charge on any atom is -0.468 e. The third kappa shape index (κ3) is 4.59. The fourth-order valence-electron chi connectivity index (χ4n) is 3.48. The third-order valence-corrected chi connectivity index (χ3v) is 5.26. The van der Waals surface area contributed by atoms with E-state index in [1.54, 1.807) is 17.1 Å². The number of furan rings is 1. The van der Waals surface area contributed by atoms with Gasteiger partial charge in [0.2, 0.25) is 0 Å². The molecule has 0 bridgehead atoms. The number of likely N-dealkylation sites (N-methyl/N-ethyl adjacent to an activating group) is 1. The maximum absolute atomic E-state index is 13.2. The van der Waals surface area contributed by atoms with Crippen molar-refractivity contribution in [3.63, 3.8) is 0 Å². The van der Waals surface area contributed by atoms with Gasteiger partial charge in [0.25, 0.3) is 5.91 Å². The number of nitrogens with one attached hydrogen (secondary N) is 1. The Kier molecular flexibility index (Phi) is 6.00. The van der Waals surface area contributed by atoms with Gasteiger partial charge in [-0.25, -0.2) is 4.68 Å². The normalized spacial score (nSPS) is 12.1.